The molecule has 8 nitrogen and oxygen atoms in total. The molecule has 1 aliphatic heterocycles. The molecule has 0 fully saturated rings. The Kier molecular flexibility index (Phi) is 4.04. The van der Waals surface area contributed by atoms with Crippen LogP contribution in [-0.2, 0) is 0 Å². The van der Waals surface area contributed by atoms with Gasteiger partial charge in [0.1, 0.15) is 17.7 Å². The number of nitrogens with zero attached hydrogens (tertiary/aromatic N) is 7. The number of aromatic nitrogens is 5. The van der Waals surface area contributed by atoms with E-state index in [4.69, 9.17) is 9.72 Å². The fourth-order valence-electron chi connectivity index (χ4n) is 3.81. The molecule has 1 aliphatic rings. The van der Waals surface area contributed by atoms with Crippen LogP contribution in [0.2, 0.25) is 0 Å². The highest BCUT2D eigenvalue weighted by Gasteiger charge is 2.32. The van der Waals surface area contributed by atoms with Crippen LogP contribution >= 0.6 is 0 Å². The third kappa shape index (κ3) is 2.75. The highest BCUT2D eigenvalue weighted by atomic mass is 16.5. The molecule has 0 aliphatic carbocycles. The first-order chi connectivity index (χ1) is 14.2. The summed E-state index contributed by atoms with van der Waals surface area (Å²) in [4.78, 5) is 22.7. The molecule has 0 radical (unpaired) electrons. The monoisotopic (exact) mass is 387 g/mol. The summed E-state index contributed by atoms with van der Waals surface area (Å²) in [5.41, 5.74) is 3.62. The van der Waals surface area contributed by atoms with E-state index in [2.05, 4.69) is 48.4 Å². The van der Waals surface area contributed by atoms with E-state index in [0.717, 1.165) is 34.2 Å². The van der Waals surface area contributed by atoms with Gasteiger partial charge in [0.05, 0.1) is 31.7 Å². The van der Waals surface area contributed by atoms with Crippen molar-refractivity contribution < 1.29 is 4.74 Å². The number of imidazole rings is 1. The number of hydrogen-bond acceptors (Lipinski definition) is 7. The maximum Gasteiger partial charge on any atom is 0.215 e. The van der Waals surface area contributed by atoms with Crippen molar-refractivity contribution in [1.29, 1.82) is 0 Å². The molecular weight excluding hydrogens is 366 g/mol. The second-order valence-electron chi connectivity index (χ2n) is 7.05. The van der Waals surface area contributed by atoms with Crippen LogP contribution in [0.3, 0.4) is 0 Å². The average Bonchev–Trinajstić information content (AvgIpc) is 3.31. The van der Waals surface area contributed by atoms with E-state index in [0.29, 0.717) is 12.5 Å². The quantitative estimate of drug-likeness (QED) is 0.532. The second-order valence-corrected chi connectivity index (χ2v) is 7.05. The molecule has 0 N–H and O–H groups in total. The number of methoxy groups -OCH3 is 1. The zero-order valence-corrected chi connectivity index (χ0v) is 16.5. The molecule has 3 aromatic heterocycles. The lowest BCUT2D eigenvalue weighted by Gasteiger charge is -2.26. The Balaban J connectivity index is 1.69. The van der Waals surface area contributed by atoms with E-state index < -0.39 is 0 Å². The number of pyridine rings is 1. The van der Waals surface area contributed by atoms with Gasteiger partial charge in [0.15, 0.2) is 11.5 Å². The van der Waals surface area contributed by atoms with Gasteiger partial charge >= 0.3 is 0 Å². The Bertz CT molecular complexity index is 1170. The molecule has 0 amide bonds. The van der Waals surface area contributed by atoms with Crippen LogP contribution in [-0.4, -0.2) is 45.3 Å². The van der Waals surface area contributed by atoms with Gasteiger partial charge in [0, 0.05) is 18.8 Å². The van der Waals surface area contributed by atoms with Crippen molar-refractivity contribution in [2.24, 2.45) is 0 Å². The Hall–Kier alpha value is -3.68. The Labute approximate surface area is 168 Å². The molecular formula is C21H21N7O. The fraction of sp³-hybridized carbons (Fsp3) is 0.238. The molecule has 1 aromatic carbocycles. The average molecular weight is 387 g/mol. The van der Waals surface area contributed by atoms with E-state index in [1.807, 2.05) is 43.6 Å². The number of fused-ring (bicyclic) bond motifs is 2. The smallest absolute Gasteiger partial charge is 0.215 e. The van der Waals surface area contributed by atoms with Gasteiger partial charge < -0.3 is 14.5 Å². The predicted molar refractivity (Wildman–Crippen MR) is 112 cm³/mol. The van der Waals surface area contributed by atoms with Crippen LogP contribution in [0.1, 0.15) is 18.8 Å². The van der Waals surface area contributed by atoms with Gasteiger partial charge in [-0.1, -0.05) is 18.2 Å². The fourth-order valence-corrected chi connectivity index (χ4v) is 3.81. The van der Waals surface area contributed by atoms with Crippen LogP contribution in [0.5, 0.6) is 5.88 Å². The Morgan fingerprint density at radius 3 is 2.69 bits per heavy atom. The van der Waals surface area contributed by atoms with Crippen molar-refractivity contribution in [3.63, 3.8) is 0 Å². The Morgan fingerprint density at radius 2 is 1.90 bits per heavy atom. The number of hydrogen-bond donors (Lipinski definition) is 0. The summed E-state index contributed by atoms with van der Waals surface area (Å²) in [6.07, 6.45) is 3.44. The van der Waals surface area contributed by atoms with Gasteiger partial charge in [-0.15, -0.1) is 0 Å². The van der Waals surface area contributed by atoms with E-state index in [9.17, 15) is 0 Å². The lowest BCUT2D eigenvalue weighted by Crippen LogP contribution is -2.32. The lowest BCUT2D eigenvalue weighted by molar-refractivity contribution is 0.399. The zero-order valence-electron chi connectivity index (χ0n) is 16.5. The minimum absolute atomic E-state index is 0.0333. The van der Waals surface area contributed by atoms with Gasteiger partial charge in [-0.05, 0) is 25.1 Å². The zero-order chi connectivity index (χ0) is 20.0. The molecule has 1 atom stereocenters. The Morgan fingerprint density at radius 1 is 1.07 bits per heavy atom. The van der Waals surface area contributed by atoms with E-state index in [1.165, 1.54) is 0 Å². The molecule has 146 valence electrons. The van der Waals surface area contributed by atoms with E-state index in [-0.39, 0.29) is 6.04 Å². The summed E-state index contributed by atoms with van der Waals surface area (Å²) < 4.78 is 7.46. The van der Waals surface area contributed by atoms with E-state index in [1.54, 1.807) is 13.4 Å². The first-order valence-electron chi connectivity index (χ1n) is 9.44. The van der Waals surface area contributed by atoms with Crippen LogP contribution in [0.25, 0.3) is 16.9 Å². The van der Waals surface area contributed by atoms with Crippen LogP contribution in [0.15, 0.2) is 55.0 Å². The van der Waals surface area contributed by atoms with Crippen LogP contribution in [0.4, 0.5) is 11.5 Å². The van der Waals surface area contributed by atoms with Gasteiger partial charge in [-0.2, -0.15) is 4.98 Å². The second kappa shape index (κ2) is 6.73. The van der Waals surface area contributed by atoms with Crippen LogP contribution < -0.4 is 14.5 Å². The van der Waals surface area contributed by atoms with Crippen molar-refractivity contribution in [2.45, 2.75) is 13.0 Å². The molecule has 4 heterocycles. The topological polar surface area (TPSA) is 72.2 Å². The van der Waals surface area contributed by atoms with Gasteiger partial charge in [0.2, 0.25) is 5.88 Å². The largest absolute Gasteiger partial charge is 0.481 e. The highest BCUT2D eigenvalue weighted by molar-refractivity contribution is 5.76. The maximum absolute atomic E-state index is 5.36. The number of rotatable bonds is 4. The minimum Gasteiger partial charge on any atom is -0.481 e. The van der Waals surface area contributed by atoms with Crippen molar-refractivity contribution >= 4 is 22.7 Å². The number of ether oxygens (including phenoxy) is 1. The summed E-state index contributed by atoms with van der Waals surface area (Å²) in [6.45, 7) is 2.85. The molecule has 0 unspecified atom stereocenters. The van der Waals surface area contributed by atoms with Gasteiger partial charge in [-0.25, -0.2) is 15.0 Å². The van der Waals surface area contributed by atoms with Crippen LogP contribution in [0, 0.1) is 0 Å². The molecule has 0 saturated carbocycles. The molecule has 0 bridgehead atoms. The summed E-state index contributed by atoms with van der Waals surface area (Å²) >= 11 is 0. The summed E-state index contributed by atoms with van der Waals surface area (Å²) in [5, 5.41) is 0. The first kappa shape index (κ1) is 17.4. The summed E-state index contributed by atoms with van der Waals surface area (Å²) in [7, 11) is 3.67. The molecule has 0 saturated heterocycles. The van der Waals surface area contributed by atoms with Crippen molar-refractivity contribution in [1.82, 2.24) is 24.5 Å². The van der Waals surface area contributed by atoms with Crippen molar-refractivity contribution in [2.75, 3.05) is 30.6 Å². The van der Waals surface area contributed by atoms with E-state index >= 15 is 0 Å². The third-order valence-corrected chi connectivity index (χ3v) is 5.29. The highest BCUT2D eigenvalue weighted by Crippen LogP contribution is 2.38. The minimum atomic E-state index is -0.0333. The SMILES string of the molecule is COc1ccc2nc([C@H](C)N3CN(C)c4cncnc43)n(-c3ccccc3)c2n1. The molecule has 0 spiro atoms. The lowest BCUT2D eigenvalue weighted by atomic mass is 10.2. The predicted octanol–water partition coefficient (Wildman–Crippen LogP) is 3.19. The number of anilines is 2. The summed E-state index contributed by atoms with van der Waals surface area (Å²) in [5.74, 6) is 2.37. The maximum atomic E-state index is 5.36. The third-order valence-electron chi connectivity index (χ3n) is 5.29. The number of para-hydroxylation sites is 1. The molecule has 8 heteroatoms. The number of benzene rings is 1. The molecule has 5 rings (SSSR count). The normalized spacial score (nSPS) is 14.3. The van der Waals surface area contributed by atoms with Gasteiger partial charge in [-0.3, -0.25) is 4.57 Å². The standard InChI is InChI=1S/C21H21N7O/c1-14(27-13-26(2)17-11-22-12-23-21(17)27)19-24-16-9-10-18(29-3)25-20(16)28(19)15-7-5-4-6-8-15/h4-12,14H,13H2,1-3H3/t14-/m0/s1. The molecule has 29 heavy (non-hydrogen) atoms. The molecule has 4 aromatic rings. The van der Waals surface area contributed by atoms with Crippen molar-refractivity contribution in [3.8, 4) is 11.6 Å². The van der Waals surface area contributed by atoms with Gasteiger partial charge in [0.25, 0.3) is 0 Å². The van der Waals surface area contributed by atoms with Crippen molar-refractivity contribution in [3.05, 3.63) is 60.8 Å². The summed E-state index contributed by atoms with van der Waals surface area (Å²) in [6, 6.07) is 13.9. The first-order valence-corrected chi connectivity index (χ1v) is 9.44.